The van der Waals surface area contributed by atoms with Gasteiger partial charge in [0.15, 0.2) is 0 Å². The molecule has 0 radical (unpaired) electrons. The number of benzene rings is 9. The molecule has 0 fully saturated rings. The van der Waals surface area contributed by atoms with Crippen LogP contribution in [0.5, 0.6) is 0 Å². The molecule has 0 unspecified atom stereocenters. The molecule has 0 N–H and O–H groups in total. The van der Waals surface area contributed by atoms with E-state index in [1.807, 2.05) is 24.5 Å². The standard InChI is InChI=1S/C60H46N4/c1-39-29-40(2)32-51(31-39)63(57-17-9-11-27-61-57)49-23-25-53-55(37-49)59(47-21-19-43-13-5-7-15-45(43)35-47)54-26-24-50(38-56(54)60(53)48-22-20-44-14-6-8-16-46(44)36-48)64(58-18-10-12-28-62-58)52-33-41(3)30-42(4)34-52/h5-38H,1-4H3. The summed E-state index contributed by atoms with van der Waals surface area (Å²) in [5.74, 6) is 1.72. The molecule has 0 saturated carbocycles. The van der Waals surface area contributed by atoms with Crippen LogP contribution in [0.15, 0.2) is 207 Å². The fourth-order valence-corrected chi connectivity index (χ4v) is 9.75. The largest absolute Gasteiger partial charge is 0.295 e. The van der Waals surface area contributed by atoms with E-state index in [4.69, 9.17) is 9.97 Å². The highest BCUT2D eigenvalue weighted by molar-refractivity contribution is 6.23. The van der Waals surface area contributed by atoms with Crippen LogP contribution in [-0.2, 0) is 0 Å². The molecule has 0 aliphatic heterocycles. The highest BCUT2D eigenvalue weighted by atomic mass is 15.2. The number of hydrogen-bond acceptors (Lipinski definition) is 4. The highest BCUT2D eigenvalue weighted by Crippen LogP contribution is 2.49. The molecule has 64 heavy (non-hydrogen) atoms. The summed E-state index contributed by atoms with van der Waals surface area (Å²) in [4.78, 5) is 14.5. The summed E-state index contributed by atoms with van der Waals surface area (Å²) in [5, 5.41) is 9.50. The fourth-order valence-electron chi connectivity index (χ4n) is 9.75. The van der Waals surface area contributed by atoms with Gasteiger partial charge >= 0.3 is 0 Å². The van der Waals surface area contributed by atoms with Crippen LogP contribution < -0.4 is 9.80 Å². The topological polar surface area (TPSA) is 32.3 Å². The first-order valence-electron chi connectivity index (χ1n) is 22.0. The van der Waals surface area contributed by atoms with Crippen LogP contribution in [0.25, 0.3) is 65.3 Å². The molecule has 0 bridgehead atoms. The van der Waals surface area contributed by atoms with E-state index in [0.29, 0.717) is 0 Å². The number of rotatable bonds is 8. The van der Waals surface area contributed by atoms with Gasteiger partial charge in [-0.1, -0.05) is 109 Å². The first-order chi connectivity index (χ1) is 31.3. The number of aromatic nitrogens is 2. The molecule has 0 amide bonds. The lowest BCUT2D eigenvalue weighted by Gasteiger charge is -2.28. The Morgan fingerprint density at radius 3 is 1.08 bits per heavy atom. The molecule has 4 heteroatoms. The van der Waals surface area contributed by atoms with E-state index in [2.05, 4.69) is 219 Å². The minimum atomic E-state index is 0.861. The zero-order chi connectivity index (χ0) is 43.3. The van der Waals surface area contributed by atoms with Gasteiger partial charge < -0.3 is 0 Å². The second-order valence-corrected chi connectivity index (χ2v) is 17.1. The number of fused-ring (bicyclic) bond motifs is 4. The number of nitrogens with zero attached hydrogens (tertiary/aromatic N) is 4. The Bertz CT molecular complexity index is 3280. The maximum absolute atomic E-state index is 4.93. The number of hydrogen-bond donors (Lipinski definition) is 0. The van der Waals surface area contributed by atoms with Crippen LogP contribution in [0.4, 0.5) is 34.4 Å². The minimum absolute atomic E-state index is 0.861. The molecular formula is C60H46N4. The zero-order valence-corrected chi connectivity index (χ0v) is 36.4. The van der Waals surface area contributed by atoms with Gasteiger partial charge in [0.1, 0.15) is 11.6 Å². The van der Waals surface area contributed by atoms with Crippen molar-refractivity contribution in [3.8, 4) is 22.3 Å². The molecule has 2 aromatic heterocycles. The van der Waals surface area contributed by atoms with Crippen LogP contribution in [0.3, 0.4) is 0 Å². The van der Waals surface area contributed by atoms with Gasteiger partial charge in [-0.25, -0.2) is 9.97 Å². The van der Waals surface area contributed by atoms with Gasteiger partial charge in [-0.2, -0.15) is 0 Å². The zero-order valence-electron chi connectivity index (χ0n) is 36.4. The van der Waals surface area contributed by atoms with Crippen LogP contribution in [-0.4, -0.2) is 9.97 Å². The normalized spacial score (nSPS) is 11.4. The quantitative estimate of drug-likeness (QED) is 0.143. The Morgan fingerprint density at radius 1 is 0.297 bits per heavy atom. The second kappa shape index (κ2) is 16.0. The molecule has 4 nitrogen and oxygen atoms in total. The predicted octanol–water partition coefficient (Wildman–Crippen LogP) is 16.6. The van der Waals surface area contributed by atoms with Gasteiger partial charge in [-0.05, 0) is 200 Å². The van der Waals surface area contributed by atoms with Crippen LogP contribution in [0.1, 0.15) is 22.3 Å². The van der Waals surface area contributed by atoms with E-state index < -0.39 is 0 Å². The predicted molar refractivity (Wildman–Crippen MR) is 271 cm³/mol. The minimum Gasteiger partial charge on any atom is -0.295 e. The first kappa shape index (κ1) is 38.8. The Labute approximate surface area is 374 Å². The van der Waals surface area contributed by atoms with Crippen molar-refractivity contribution in [2.45, 2.75) is 27.7 Å². The molecule has 9 aromatic carbocycles. The van der Waals surface area contributed by atoms with Crippen molar-refractivity contribution in [2.75, 3.05) is 9.80 Å². The van der Waals surface area contributed by atoms with Crippen molar-refractivity contribution < 1.29 is 0 Å². The molecule has 11 aromatic rings. The van der Waals surface area contributed by atoms with E-state index >= 15 is 0 Å². The van der Waals surface area contributed by atoms with E-state index in [1.165, 1.54) is 65.7 Å². The molecule has 0 saturated heterocycles. The molecule has 306 valence electrons. The molecule has 0 spiro atoms. The van der Waals surface area contributed by atoms with E-state index in [0.717, 1.165) is 56.3 Å². The number of pyridine rings is 2. The van der Waals surface area contributed by atoms with Gasteiger partial charge in [0.25, 0.3) is 0 Å². The fraction of sp³-hybridized carbons (Fsp3) is 0.0667. The Balaban J connectivity index is 1.27. The second-order valence-electron chi connectivity index (χ2n) is 17.1. The Kier molecular flexibility index (Phi) is 9.70. The van der Waals surface area contributed by atoms with Crippen molar-refractivity contribution >= 4 is 77.5 Å². The van der Waals surface area contributed by atoms with Crippen molar-refractivity contribution in [1.29, 1.82) is 0 Å². The lowest BCUT2D eigenvalue weighted by Crippen LogP contribution is -2.12. The SMILES string of the molecule is Cc1cc(C)cc(N(c2ccc3c(-c4ccc5ccccc5c4)c4cc(N(c5cc(C)cc(C)c5)c5ccccn5)ccc4c(-c4ccc5ccccc5c4)c3c2)c2ccccn2)c1. The van der Waals surface area contributed by atoms with Crippen molar-refractivity contribution in [3.63, 3.8) is 0 Å². The van der Waals surface area contributed by atoms with Crippen LogP contribution in [0, 0.1) is 27.7 Å². The van der Waals surface area contributed by atoms with Crippen molar-refractivity contribution in [2.24, 2.45) is 0 Å². The highest BCUT2D eigenvalue weighted by Gasteiger charge is 2.23. The average Bonchev–Trinajstić information content (AvgIpc) is 3.31. The van der Waals surface area contributed by atoms with Crippen LogP contribution in [0.2, 0.25) is 0 Å². The van der Waals surface area contributed by atoms with Gasteiger partial charge in [0, 0.05) is 35.1 Å². The molecule has 2 heterocycles. The van der Waals surface area contributed by atoms with E-state index in [1.54, 1.807) is 0 Å². The third kappa shape index (κ3) is 7.09. The molecular weight excluding hydrogens is 777 g/mol. The molecule has 0 aliphatic rings. The lowest BCUT2D eigenvalue weighted by molar-refractivity contribution is 1.17. The summed E-state index contributed by atoms with van der Waals surface area (Å²) in [6.07, 6.45) is 3.75. The number of aryl methyl sites for hydroxylation is 4. The summed E-state index contributed by atoms with van der Waals surface area (Å²) in [5.41, 5.74) is 13.7. The number of anilines is 6. The smallest absolute Gasteiger partial charge is 0.137 e. The third-order valence-corrected chi connectivity index (χ3v) is 12.4. The maximum Gasteiger partial charge on any atom is 0.137 e. The van der Waals surface area contributed by atoms with Crippen molar-refractivity contribution in [3.05, 3.63) is 229 Å². The molecule has 11 rings (SSSR count). The Morgan fingerprint density at radius 2 is 0.688 bits per heavy atom. The van der Waals surface area contributed by atoms with E-state index in [-0.39, 0.29) is 0 Å². The molecule has 0 atom stereocenters. The van der Waals surface area contributed by atoms with Gasteiger partial charge in [-0.3, -0.25) is 9.80 Å². The molecule has 0 aliphatic carbocycles. The summed E-state index contributed by atoms with van der Waals surface area (Å²) in [6, 6.07) is 70.9. The maximum atomic E-state index is 4.93. The van der Waals surface area contributed by atoms with Crippen LogP contribution >= 0.6 is 0 Å². The summed E-state index contributed by atoms with van der Waals surface area (Å²) in [7, 11) is 0. The van der Waals surface area contributed by atoms with E-state index in [9.17, 15) is 0 Å². The van der Waals surface area contributed by atoms with Gasteiger partial charge in [-0.15, -0.1) is 0 Å². The summed E-state index contributed by atoms with van der Waals surface area (Å²) < 4.78 is 0. The lowest BCUT2D eigenvalue weighted by atomic mass is 9.84. The average molecular weight is 823 g/mol. The van der Waals surface area contributed by atoms with Gasteiger partial charge in [0.2, 0.25) is 0 Å². The monoisotopic (exact) mass is 822 g/mol. The third-order valence-electron chi connectivity index (χ3n) is 12.4. The van der Waals surface area contributed by atoms with Gasteiger partial charge in [0.05, 0.1) is 0 Å². The first-order valence-corrected chi connectivity index (χ1v) is 22.0. The summed E-state index contributed by atoms with van der Waals surface area (Å²) >= 11 is 0. The summed E-state index contributed by atoms with van der Waals surface area (Å²) in [6.45, 7) is 8.65. The van der Waals surface area contributed by atoms with Crippen molar-refractivity contribution in [1.82, 2.24) is 9.97 Å². The Hall–Kier alpha value is -8.08.